The molecule has 2 N–H and O–H groups in total. The standard InChI is InChI=1S/C16H24O4/c1-4-5-13(17)11-14(18)8-6-12-7-9-15(19-2)16(10-12)20-3/h6-10,13-14,17-18H,4-5,11H2,1-3H3/b8-6+. The van der Waals surface area contributed by atoms with E-state index in [2.05, 4.69) is 0 Å². The van der Waals surface area contributed by atoms with Gasteiger partial charge < -0.3 is 19.7 Å². The zero-order chi connectivity index (χ0) is 15.0. The Labute approximate surface area is 120 Å². The molecule has 1 rings (SSSR count). The summed E-state index contributed by atoms with van der Waals surface area (Å²) in [5.41, 5.74) is 0.909. The first kappa shape index (κ1) is 16.5. The van der Waals surface area contributed by atoms with Crippen LogP contribution in [0, 0.1) is 0 Å². The van der Waals surface area contributed by atoms with Crippen molar-refractivity contribution < 1.29 is 19.7 Å². The number of hydrogen-bond acceptors (Lipinski definition) is 4. The first-order valence-corrected chi connectivity index (χ1v) is 6.87. The molecule has 0 saturated carbocycles. The zero-order valence-corrected chi connectivity index (χ0v) is 12.4. The average molecular weight is 280 g/mol. The Morgan fingerprint density at radius 1 is 1.15 bits per heavy atom. The largest absolute Gasteiger partial charge is 0.493 e. The van der Waals surface area contributed by atoms with Crippen LogP contribution in [0.5, 0.6) is 11.5 Å². The van der Waals surface area contributed by atoms with E-state index in [-0.39, 0.29) is 0 Å². The molecule has 2 atom stereocenters. The fraction of sp³-hybridized carbons (Fsp3) is 0.500. The molecule has 4 nitrogen and oxygen atoms in total. The summed E-state index contributed by atoms with van der Waals surface area (Å²) in [7, 11) is 3.17. The van der Waals surface area contributed by atoms with Crippen LogP contribution in [-0.4, -0.2) is 36.6 Å². The van der Waals surface area contributed by atoms with E-state index < -0.39 is 12.2 Å². The van der Waals surface area contributed by atoms with Crippen LogP contribution in [0.1, 0.15) is 31.7 Å². The first-order chi connectivity index (χ1) is 9.60. The maximum atomic E-state index is 9.83. The number of aliphatic hydroxyl groups excluding tert-OH is 2. The Bertz CT molecular complexity index is 428. The van der Waals surface area contributed by atoms with E-state index in [0.717, 1.165) is 12.0 Å². The van der Waals surface area contributed by atoms with Crippen LogP contribution in [0.3, 0.4) is 0 Å². The smallest absolute Gasteiger partial charge is 0.161 e. The van der Waals surface area contributed by atoms with Gasteiger partial charge in [0.1, 0.15) is 0 Å². The molecule has 0 aliphatic rings. The highest BCUT2D eigenvalue weighted by Crippen LogP contribution is 2.28. The third-order valence-corrected chi connectivity index (χ3v) is 3.05. The SMILES string of the molecule is CCCC(O)CC(O)/C=C/c1ccc(OC)c(OC)c1. The van der Waals surface area contributed by atoms with Gasteiger partial charge in [-0.25, -0.2) is 0 Å². The van der Waals surface area contributed by atoms with Crippen LogP contribution in [0.2, 0.25) is 0 Å². The highest BCUT2D eigenvalue weighted by molar-refractivity contribution is 5.56. The second-order valence-electron chi connectivity index (χ2n) is 4.72. The Morgan fingerprint density at radius 2 is 1.85 bits per heavy atom. The second-order valence-corrected chi connectivity index (χ2v) is 4.72. The van der Waals surface area contributed by atoms with Crippen LogP contribution in [-0.2, 0) is 0 Å². The van der Waals surface area contributed by atoms with Gasteiger partial charge in [0.15, 0.2) is 11.5 Å². The predicted molar refractivity (Wildman–Crippen MR) is 80.1 cm³/mol. The Balaban J connectivity index is 2.65. The van der Waals surface area contributed by atoms with Gasteiger partial charge in [0, 0.05) is 6.42 Å². The molecule has 20 heavy (non-hydrogen) atoms. The van der Waals surface area contributed by atoms with E-state index in [1.165, 1.54) is 0 Å². The maximum absolute atomic E-state index is 9.83. The molecule has 2 unspecified atom stereocenters. The lowest BCUT2D eigenvalue weighted by Gasteiger charge is -2.12. The monoisotopic (exact) mass is 280 g/mol. The summed E-state index contributed by atoms with van der Waals surface area (Å²) in [5, 5.41) is 19.5. The lowest BCUT2D eigenvalue weighted by atomic mass is 10.1. The molecule has 0 heterocycles. The van der Waals surface area contributed by atoms with Crippen LogP contribution >= 0.6 is 0 Å². The lowest BCUT2D eigenvalue weighted by Crippen LogP contribution is -2.15. The van der Waals surface area contributed by atoms with Crippen molar-refractivity contribution in [1.29, 1.82) is 0 Å². The highest BCUT2D eigenvalue weighted by Gasteiger charge is 2.08. The van der Waals surface area contributed by atoms with E-state index in [0.29, 0.717) is 24.3 Å². The highest BCUT2D eigenvalue weighted by atomic mass is 16.5. The van der Waals surface area contributed by atoms with Gasteiger partial charge in [0.2, 0.25) is 0 Å². The second kappa shape index (κ2) is 8.61. The molecule has 0 aromatic heterocycles. The van der Waals surface area contributed by atoms with Gasteiger partial charge in [0.25, 0.3) is 0 Å². The summed E-state index contributed by atoms with van der Waals surface area (Å²) in [5.74, 6) is 1.32. The Morgan fingerprint density at radius 3 is 2.45 bits per heavy atom. The fourth-order valence-electron chi connectivity index (χ4n) is 1.99. The Kier molecular flexibility index (Phi) is 7.12. The van der Waals surface area contributed by atoms with Crippen molar-refractivity contribution in [3.05, 3.63) is 29.8 Å². The van der Waals surface area contributed by atoms with Crippen molar-refractivity contribution in [2.24, 2.45) is 0 Å². The fourth-order valence-corrected chi connectivity index (χ4v) is 1.99. The topological polar surface area (TPSA) is 58.9 Å². The Hall–Kier alpha value is -1.52. The molecule has 1 aromatic rings. The first-order valence-electron chi connectivity index (χ1n) is 6.87. The predicted octanol–water partition coefficient (Wildman–Crippen LogP) is 2.63. The van der Waals surface area contributed by atoms with E-state index in [1.54, 1.807) is 20.3 Å². The summed E-state index contributed by atoms with van der Waals surface area (Å²) >= 11 is 0. The van der Waals surface area contributed by atoms with Crippen LogP contribution in [0.4, 0.5) is 0 Å². The molecule has 0 saturated heterocycles. The number of hydrogen-bond donors (Lipinski definition) is 2. The molecule has 1 aromatic carbocycles. The minimum Gasteiger partial charge on any atom is -0.493 e. The van der Waals surface area contributed by atoms with Gasteiger partial charge in [-0.05, 0) is 24.1 Å². The van der Waals surface area contributed by atoms with Gasteiger partial charge in [-0.1, -0.05) is 31.6 Å². The molecule has 0 amide bonds. The normalized spacial score (nSPS) is 14.2. The molecule has 112 valence electrons. The van der Waals surface area contributed by atoms with Crippen molar-refractivity contribution in [3.8, 4) is 11.5 Å². The van der Waals surface area contributed by atoms with Gasteiger partial charge in [-0.3, -0.25) is 0 Å². The quantitative estimate of drug-likeness (QED) is 0.768. The number of aliphatic hydroxyl groups is 2. The van der Waals surface area contributed by atoms with Crippen LogP contribution in [0.15, 0.2) is 24.3 Å². The van der Waals surface area contributed by atoms with Gasteiger partial charge in [-0.2, -0.15) is 0 Å². The average Bonchev–Trinajstić information content (AvgIpc) is 2.44. The molecule has 0 bridgehead atoms. The third-order valence-electron chi connectivity index (χ3n) is 3.05. The molecule has 4 heteroatoms. The summed E-state index contributed by atoms with van der Waals surface area (Å²) in [6.45, 7) is 2.01. The number of ether oxygens (including phenoxy) is 2. The van der Waals surface area contributed by atoms with Crippen LogP contribution < -0.4 is 9.47 Å². The number of benzene rings is 1. The molecular weight excluding hydrogens is 256 g/mol. The van der Waals surface area contributed by atoms with Crippen molar-refractivity contribution in [2.45, 2.75) is 38.4 Å². The van der Waals surface area contributed by atoms with Gasteiger partial charge in [0.05, 0.1) is 26.4 Å². The molecule has 0 aliphatic heterocycles. The molecule has 0 fully saturated rings. The summed E-state index contributed by atoms with van der Waals surface area (Å²) < 4.78 is 10.4. The minimum atomic E-state index is -0.648. The summed E-state index contributed by atoms with van der Waals surface area (Å²) in [6, 6.07) is 5.54. The number of methoxy groups -OCH3 is 2. The van der Waals surface area contributed by atoms with Crippen LogP contribution in [0.25, 0.3) is 6.08 Å². The van der Waals surface area contributed by atoms with Crippen molar-refractivity contribution in [2.75, 3.05) is 14.2 Å². The number of rotatable bonds is 8. The molecule has 0 aliphatic carbocycles. The van der Waals surface area contributed by atoms with Gasteiger partial charge in [-0.15, -0.1) is 0 Å². The maximum Gasteiger partial charge on any atom is 0.161 e. The molecule has 0 radical (unpaired) electrons. The van der Waals surface area contributed by atoms with Crippen molar-refractivity contribution in [3.63, 3.8) is 0 Å². The van der Waals surface area contributed by atoms with Gasteiger partial charge >= 0.3 is 0 Å². The molecular formula is C16H24O4. The zero-order valence-electron chi connectivity index (χ0n) is 12.4. The van der Waals surface area contributed by atoms with E-state index >= 15 is 0 Å². The van der Waals surface area contributed by atoms with Crippen molar-refractivity contribution in [1.82, 2.24) is 0 Å². The van der Waals surface area contributed by atoms with E-state index in [1.807, 2.05) is 31.2 Å². The summed E-state index contributed by atoms with van der Waals surface area (Å²) in [4.78, 5) is 0. The van der Waals surface area contributed by atoms with E-state index in [9.17, 15) is 10.2 Å². The summed E-state index contributed by atoms with van der Waals surface area (Å²) in [6.07, 6.45) is 4.37. The minimum absolute atomic E-state index is 0.359. The molecule has 0 spiro atoms. The third kappa shape index (κ3) is 5.23. The lowest BCUT2D eigenvalue weighted by molar-refractivity contribution is 0.0976. The van der Waals surface area contributed by atoms with Crippen molar-refractivity contribution >= 4 is 6.08 Å². The van der Waals surface area contributed by atoms with E-state index in [4.69, 9.17) is 9.47 Å².